The second-order valence-corrected chi connectivity index (χ2v) is 10.2. The van der Waals surface area contributed by atoms with Crippen molar-refractivity contribution in [1.29, 1.82) is 0 Å². The number of nitrogens with one attached hydrogen (secondary N) is 1. The highest BCUT2D eigenvalue weighted by molar-refractivity contribution is 7.89. The van der Waals surface area contributed by atoms with Gasteiger partial charge in [-0.3, -0.25) is 4.79 Å². The molecule has 7 heteroatoms. The fourth-order valence-corrected chi connectivity index (χ4v) is 5.81. The minimum absolute atomic E-state index is 0.0855. The maximum Gasteiger partial charge on any atom is 0.243 e. The van der Waals surface area contributed by atoms with Gasteiger partial charge in [0.05, 0.1) is 4.90 Å². The standard InChI is InChI=1S/C22H29N3O3S/c1-24-12-10-20(11-13-24)23-22(26)18-8-14-25(15-9-18)29(27,28)21-7-6-17-4-2-3-5-19(17)16-21/h2-7,16,18,20H,8-15H2,1H3,(H,23,26). The Labute approximate surface area is 172 Å². The van der Waals surface area contributed by atoms with E-state index in [0.717, 1.165) is 36.7 Å². The fourth-order valence-electron chi connectivity index (χ4n) is 4.31. The molecule has 156 valence electrons. The van der Waals surface area contributed by atoms with Crippen LogP contribution in [0.2, 0.25) is 0 Å². The second kappa shape index (κ2) is 8.42. The van der Waals surface area contributed by atoms with Gasteiger partial charge < -0.3 is 10.2 Å². The van der Waals surface area contributed by atoms with Gasteiger partial charge in [-0.25, -0.2) is 8.42 Å². The number of amides is 1. The zero-order chi connectivity index (χ0) is 20.4. The Morgan fingerprint density at radius 3 is 2.28 bits per heavy atom. The number of carbonyl (C=O) groups is 1. The Morgan fingerprint density at radius 1 is 0.931 bits per heavy atom. The molecule has 2 heterocycles. The van der Waals surface area contributed by atoms with Crippen LogP contribution in [0.25, 0.3) is 10.8 Å². The number of rotatable bonds is 4. The van der Waals surface area contributed by atoms with Crippen LogP contribution >= 0.6 is 0 Å². The average molecular weight is 416 g/mol. The van der Waals surface area contributed by atoms with Crippen LogP contribution < -0.4 is 5.32 Å². The number of hydrogen-bond acceptors (Lipinski definition) is 4. The van der Waals surface area contributed by atoms with Gasteiger partial charge in [-0.05, 0) is 68.7 Å². The lowest BCUT2D eigenvalue weighted by molar-refractivity contribution is -0.127. The molecule has 2 aromatic carbocycles. The molecule has 0 bridgehead atoms. The summed E-state index contributed by atoms with van der Waals surface area (Å²) < 4.78 is 27.7. The van der Waals surface area contributed by atoms with E-state index in [9.17, 15) is 13.2 Å². The summed E-state index contributed by atoms with van der Waals surface area (Å²) in [5, 5.41) is 5.12. The molecule has 2 saturated heterocycles. The largest absolute Gasteiger partial charge is 0.353 e. The van der Waals surface area contributed by atoms with Crippen molar-refractivity contribution in [2.45, 2.75) is 36.6 Å². The maximum absolute atomic E-state index is 13.1. The normalized spacial score (nSPS) is 20.7. The van der Waals surface area contributed by atoms with Gasteiger partial charge in [0, 0.05) is 25.0 Å². The lowest BCUT2D eigenvalue weighted by atomic mass is 9.96. The lowest BCUT2D eigenvalue weighted by Crippen LogP contribution is -2.48. The molecule has 1 amide bonds. The highest BCUT2D eigenvalue weighted by Gasteiger charge is 2.33. The first-order valence-corrected chi connectivity index (χ1v) is 11.9. The molecule has 2 fully saturated rings. The number of nitrogens with zero attached hydrogens (tertiary/aromatic N) is 2. The van der Waals surface area contributed by atoms with Crippen LogP contribution in [0.3, 0.4) is 0 Å². The Kier molecular flexibility index (Phi) is 5.90. The molecule has 0 spiro atoms. The molecule has 2 aromatic rings. The van der Waals surface area contributed by atoms with Gasteiger partial charge in [-0.1, -0.05) is 30.3 Å². The number of likely N-dealkylation sites (tertiary alicyclic amines) is 1. The molecule has 2 aliphatic heterocycles. The maximum atomic E-state index is 13.1. The summed E-state index contributed by atoms with van der Waals surface area (Å²) in [5.74, 6) is -0.0139. The van der Waals surface area contributed by atoms with Crippen LogP contribution in [-0.4, -0.2) is 62.8 Å². The average Bonchev–Trinajstić information content (AvgIpc) is 2.75. The topological polar surface area (TPSA) is 69.7 Å². The number of benzene rings is 2. The number of piperidine rings is 2. The fraction of sp³-hybridized carbons (Fsp3) is 0.500. The summed E-state index contributed by atoms with van der Waals surface area (Å²) in [4.78, 5) is 15.2. The van der Waals surface area contributed by atoms with E-state index in [1.807, 2.05) is 30.3 Å². The minimum Gasteiger partial charge on any atom is -0.353 e. The Bertz CT molecular complexity index is 976. The van der Waals surface area contributed by atoms with Crippen molar-refractivity contribution in [2.24, 2.45) is 5.92 Å². The highest BCUT2D eigenvalue weighted by Crippen LogP contribution is 2.26. The van der Waals surface area contributed by atoms with Gasteiger partial charge in [0.25, 0.3) is 0 Å². The van der Waals surface area contributed by atoms with Gasteiger partial charge in [-0.2, -0.15) is 4.31 Å². The van der Waals surface area contributed by atoms with Crippen molar-refractivity contribution < 1.29 is 13.2 Å². The lowest BCUT2D eigenvalue weighted by Gasteiger charge is -2.33. The monoisotopic (exact) mass is 415 g/mol. The van der Waals surface area contributed by atoms with Crippen molar-refractivity contribution >= 4 is 26.7 Å². The molecule has 0 saturated carbocycles. The summed E-state index contributed by atoms with van der Waals surface area (Å²) in [6, 6.07) is 13.3. The molecule has 0 radical (unpaired) electrons. The van der Waals surface area contributed by atoms with Crippen molar-refractivity contribution in [3.8, 4) is 0 Å². The predicted molar refractivity (Wildman–Crippen MR) is 114 cm³/mol. The highest BCUT2D eigenvalue weighted by atomic mass is 32.2. The number of hydrogen-bond donors (Lipinski definition) is 1. The van der Waals surface area contributed by atoms with Gasteiger partial charge in [0.1, 0.15) is 0 Å². The summed E-state index contributed by atoms with van der Waals surface area (Å²) in [6.07, 6.45) is 3.12. The Balaban J connectivity index is 1.37. The zero-order valence-electron chi connectivity index (χ0n) is 16.9. The number of carbonyl (C=O) groups excluding carboxylic acids is 1. The third-order valence-electron chi connectivity index (χ3n) is 6.25. The third-order valence-corrected chi connectivity index (χ3v) is 8.14. The Morgan fingerprint density at radius 2 is 1.59 bits per heavy atom. The van der Waals surface area contributed by atoms with Crippen molar-refractivity contribution in [3.63, 3.8) is 0 Å². The molecule has 6 nitrogen and oxygen atoms in total. The van der Waals surface area contributed by atoms with E-state index in [4.69, 9.17) is 0 Å². The first kappa shape index (κ1) is 20.3. The minimum atomic E-state index is -3.54. The van der Waals surface area contributed by atoms with Crippen LogP contribution in [-0.2, 0) is 14.8 Å². The van der Waals surface area contributed by atoms with Crippen LogP contribution in [0.1, 0.15) is 25.7 Å². The quantitative estimate of drug-likeness (QED) is 0.833. The van der Waals surface area contributed by atoms with Gasteiger partial charge >= 0.3 is 0 Å². The van der Waals surface area contributed by atoms with E-state index in [0.29, 0.717) is 30.8 Å². The first-order valence-electron chi connectivity index (χ1n) is 10.4. The molecule has 0 aliphatic carbocycles. The number of sulfonamides is 1. The van der Waals surface area contributed by atoms with E-state index >= 15 is 0 Å². The van der Waals surface area contributed by atoms with Crippen LogP contribution in [0.15, 0.2) is 47.4 Å². The molecular weight excluding hydrogens is 386 g/mol. The van der Waals surface area contributed by atoms with Crippen LogP contribution in [0.5, 0.6) is 0 Å². The molecule has 2 aliphatic rings. The van der Waals surface area contributed by atoms with Gasteiger partial charge in [0.15, 0.2) is 0 Å². The summed E-state index contributed by atoms with van der Waals surface area (Å²) >= 11 is 0. The summed E-state index contributed by atoms with van der Waals surface area (Å²) in [6.45, 7) is 2.79. The molecular formula is C22H29N3O3S. The number of fused-ring (bicyclic) bond motifs is 1. The third kappa shape index (κ3) is 4.47. The first-order chi connectivity index (χ1) is 13.9. The molecule has 0 aromatic heterocycles. The van der Waals surface area contributed by atoms with E-state index in [-0.39, 0.29) is 17.9 Å². The molecule has 0 unspecified atom stereocenters. The van der Waals surface area contributed by atoms with Crippen LogP contribution in [0.4, 0.5) is 0 Å². The van der Waals surface area contributed by atoms with Crippen molar-refractivity contribution in [2.75, 3.05) is 33.2 Å². The van der Waals surface area contributed by atoms with E-state index in [1.165, 1.54) is 4.31 Å². The molecule has 0 atom stereocenters. The van der Waals surface area contributed by atoms with Crippen molar-refractivity contribution in [1.82, 2.24) is 14.5 Å². The van der Waals surface area contributed by atoms with Gasteiger partial charge in [0.2, 0.25) is 15.9 Å². The van der Waals surface area contributed by atoms with E-state index in [1.54, 1.807) is 12.1 Å². The van der Waals surface area contributed by atoms with Gasteiger partial charge in [-0.15, -0.1) is 0 Å². The smallest absolute Gasteiger partial charge is 0.243 e. The van der Waals surface area contributed by atoms with E-state index < -0.39 is 10.0 Å². The molecule has 4 rings (SSSR count). The SMILES string of the molecule is CN1CCC(NC(=O)C2CCN(S(=O)(=O)c3ccc4ccccc4c3)CC2)CC1. The van der Waals surface area contributed by atoms with Crippen molar-refractivity contribution in [3.05, 3.63) is 42.5 Å². The van der Waals surface area contributed by atoms with Crippen LogP contribution in [0, 0.1) is 5.92 Å². The molecule has 29 heavy (non-hydrogen) atoms. The second-order valence-electron chi connectivity index (χ2n) is 8.27. The zero-order valence-corrected chi connectivity index (χ0v) is 17.7. The summed E-state index contributed by atoms with van der Waals surface area (Å²) in [7, 11) is -1.44. The predicted octanol–water partition coefficient (Wildman–Crippen LogP) is 2.45. The molecule has 1 N–H and O–H groups in total. The summed E-state index contributed by atoms with van der Waals surface area (Å²) in [5.41, 5.74) is 0. The Hall–Kier alpha value is -1.96. The van der Waals surface area contributed by atoms with E-state index in [2.05, 4.69) is 17.3 Å².